The highest BCUT2D eigenvalue weighted by atomic mass is 19.1. The third-order valence-corrected chi connectivity index (χ3v) is 4.20. The standard InChI is InChI=1S/C15H20F2O2/c1-10-6-7-11(16)12(13(10)17)14(18)15(19-2)8-4-3-5-9-15/h6-7,14,18H,3-5,8-9H2,1-2H3. The molecule has 1 aromatic rings. The summed E-state index contributed by atoms with van der Waals surface area (Å²) in [6.45, 7) is 1.56. The van der Waals surface area contributed by atoms with Crippen LogP contribution in [-0.4, -0.2) is 17.8 Å². The van der Waals surface area contributed by atoms with Gasteiger partial charge in [-0.25, -0.2) is 8.78 Å². The van der Waals surface area contributed by atoms with Gasteiger partial charge in [0.2, 0.25) is 0 Å². The number of aliphatic hydroxyl groups excluding tert-OH is 1. The Morgan fingerprint density at radius 2 is 1.84 bits per heavy atom. The third-order valence-electron chi connectivity index (χ3n) is 4.20. The minimum atomic E-state index is -1.27. The predicted molar refractivity (Wildman–Crippen MR) is 68.9 cm³/mol. The second-order valence-corrected chi connectivity index (χ2v) is 5.32. The fourth-order valence-electron chi connectivity index (χ4n) is 2.93. The van der Waals surface area contributed by atoms with E-state index in [9.17, 15) is 13.9 Å². The van der Waals surface area contributed by atoms with E-state index in [4.69, 9.17) is 4.74 Å². The van der Waals surface area contributed by atoms with E-state index in [0.29, 0.717) is 18.4 Å². The third kappa shape index (κ3) is 2.51. The molecule has 0 amide bonds. The molecule has 1 fully saturated rings. The molecule has 0 heterocycles. The minimum Gasteiger partial charge on any atom is -0.385 e. The second-order valence-electron chi connectivity index (χ2n) is 5.32. The quantitative estimate of drug-likeness (QED) is 0.908. The van der Waals surface area contributed by atoms with Crippen LogP contribution in [0.4, 0.5) is 8.78 Å². The van der Waals surface area contributed by atoms with Crippen LogP contribution in [0.5, 0.6) is 0 Å². The number of halogens is 2. The molecule has 1 saturated carbocycles. The Morgan fingerprint density at radius 3 is 2.42 bits per heavy atom. The number of benzene rings is 1. The van der Waals surface area contributed by atoms with Crippen LogP contribution in [0.3, 0.4) is 0 Å². The molecule has 0 radical (unpaired) electrons. The first-order valence-corrected chi connectivity index (χ1v) is 6.69. The molecule has 106 valence electrons. The van der Waals surface area contributed by atoms with E-state index in [-0.39, 0.29) is 5.56 Å². The molecule has 2 nitrogen and oxygen atoms in total. The SMILES string of the molecule is COC1(C(O)c2c(F)ccc(C)c2F)CCCCC1. The lowest BCUT2D eigenvalue weighted by Crippen LogP contribution is -2.41. The van der Waals surface area contributed by atoms with Crippen molar-refractivity contribution in [2.24, 2.45) is 0 Å². The fraction of sp³-hybridized carbons (Fsp3) is 0.600. The number of methoxy groups -OCH3 is 1. The first kappa shape index (κ1) is 14.4. The highest BCUT2D eigenvalue weighted by Crippen LogP contribution is 2.42. The zero-order valence-electron chi connectivity index (χ0n) is 11.4. The normalized spacial score (nSPS) is 20.3. The van der Waals surface area contributed by atoms with E-state index in [1.54, 1.807) is 6.92 Å². The molecule has 0 aliphatic heterocycles. The summed E-state index contributed by atoms with van der Waals surface area (Å²) in [5, 5.41) is 10.5. The van der Waals surface area contributed by atoms with Gasteiger partial charge in [0.25, 0.3) is 0 Å². The summed E-state index contributed by atoms with van der Waals surface area (Å²) in [6, 6.07) is 2.57. The molecule has 1 N–H and O–H groups in total. The Morgan fingerprint density at radius 1 is 1.21 bits per heavy atom. The lowest BCUT2D eigenvalue weighted by Gasteiger charge is -2.40. The highest BCUT2D eigenvalue weighted by molar-refractivity contribution is 5.30. The van der Waals surface area contributed by atoms with Crippen molar-refractivity contribution in [3.05, 3.63) is 34.9 Å². The zero-order valence-corrected chi connectivity index (χ0v) is 11.4. The largest absolute Gasteiger partial charge is 0.385 e. The Labute approximate surface area is 112 Å². The van der Waals surface area contributed by atoms with Crippen LogP contribution in [0.1, 0.15) is 49.3 Å². The minimum absolute atomic E-state index is 0.260. The van der Waals surface area contributed by atoms with Crippen LogP contribution in [-0.2, 0) is 4.74 Å². The number of aliphatic hydroxyl groups is 1. The summed E-state index contributed by atoms with van der Waals surface area (Å²) < 4.78 is 33.5. The average molecular weight is 270 g/mol. The lowest BCUT2D eigenvalue weighted by atomic mass is 9.77. The van der Waals surface area contributed by atoms with E-state index >= 15 is 0 Å². The van der Waals surface area contributed by atoms with Crippen molar-refractivity contribution in [2.45, 2.75) is 50.7 Å². The molecule has 2 rings (SSSR count). The number of hydrogen-bond acceptors (Lipinski definition) is 2. The van der Waals surface area contributed by atoms with Gasteiger partial charge in [-0.1, -0.05) is 25.3 Å². The van der Waals surface area contributed by atoms with Gasteiger partial charge in [0.1, 0.15) is 17.7 Å². The van der Waals surface area contributed by atoms with Crippen LogP contribution in [0.2, 0.25) is 0 Å². The van der Waals surface area contributed by atoms with Crippen LogP contribution in [0.15, 0.2) is 12.1 Å². The van der Waals surface area contributed by atoms with Gasteiger partial charge in [-0.2, -0.15) is 0 Å². The summed E-state index contributed by atoms with van der Waals surface area (Å²) in [4.78, 5) is 0. The molecule has 1 aliphatic carbocycles. The molecule has 0 saturated heterocycles. The summed E-state index contributed by atoms with van der Waals surface area (Å²) in [5.41, 5.74) is -0.797. The summed E-state index contributed by atoms with van der Waals surface area (Å²) in [5.74, 6) is -1.38. The van der Waals surface area contributed by atoms with Crippen LogP contribution in [0, 0.1) is 18.6 Å². The van der Waals surface area contributed by atoms with Crippen molar-refractivity contribution >= 4 is 0 Å². The number of ether oxygens (including phenoxy) is 1. The first-order chi connectivity index (χ1) is 9.02. The van der Waals surface area contributed by atoms with Gasteiger partial charge < -0.3 is 9.84 Å². The van der Waals surface area contributed by atoms with E-state index in [0.717, 1.165) is 19.3 Å². The molecule has 1 atom stereocenters. The molecule has 19 heavy (non-hydrogen) atoms. The van der Waals surface area contributed by atoms with Gasteiger partial charge in [0, 0.05) is 7.11 Å². The van der Waals surface area contributed by atoms with Gasteiger partial charge in [-0.15, -0.1) is 0 Å². The van der Waals surface area contributed by atoms with E-state index in [1.807, 2.05) is 0 Å². The van der Waals surface area contributed by atoms with Gasteiger partial charge >= 0.3 is 0 Å². The topological polar surface area (TPSA) is 29.5 Å². The molecular formula is C15H20F2O2. The summed E-state index contributed by atoms with van der Waals surface area (Å²) in [7, 11) is 1.50. The van der Waals surface area contributed by atoms with Gasteiger partial charge in [-0.05, 0) is 31.4 Å². The average Bonchev–Trinajstić information content (AvgIpc) is 2.44. The van der Waals surface area contributed by atoms with Gasteiger partial charge in [0.05, 0.1) is 11.2 Å². The smallest absolute Gasteiger partial charge is 0.134 e. The molecular weight excluding hydrogens is 250 g/mol. The fourth-order valence-corrected chi connectivity index (χ4v) is 2.93. The van der Waals surface area contributed by atoms with Gasteiger partial charge in [-0.3, -0.25) is 0 Å². The molecule has 4 heteroatoms. The summed E-state index contributed by atoms with van der Waals surface area (Å²) in [6.07, 6.45) is 2.85. The number of aryl methyl sites for hydroxylation is 1. The summed E-state index contributed by atoms with van der Waals surface area (Å²) >= 11 is 0. The maximum absolute atomic E-state index is 14.1. The Balaban J connectivity index is 2.42. The van der Waals surface area contributed by atoms with E-state index in [2.05, 4.69) is 0 Å². The van der Waals surface area contributed by atoms with Crippen LogP contribution in [0.25, 0.3) is 0 Å². The Hall–Kier alpha value is -1.00. The van der Waals surface area contributed by atoms with Crippen molar-refractivity contribution in [1.29, 1.82) is 0 Å². The maximum atomic E-state index is 14.1. The van der Waals surface area contributed by atoms with E-state index < -0.39 is 23.3 Å². The Bertz CT molecular complexity index is 454. The number of rotatable bonds is 3. The van der Waals surface area contributed by atoms with Gasteiger partial charge in [0.15, 0.2) is 0 Å². The van der Waals surface area contributed by atoms with Crippen LogP contribution < -0.4 is 0 Å². The predicted octanol–water partition coefficient (Wildman–Crippen LogP) is 3.66. The second kappa shape index (κ2) is 5.55. The maximum Gasteiger partial charge on any atom is 0.134 e. The zero-order chi connectivity index (χ0) is 14.0. The molecule has 1 aliphatic rings. The highest BCUT2D eigenvalue weighted by Gasteiger charge is 2.42. The first-order valence-electron chi connectivity index (χ1n) is 6.69. The molecule has 0 spiro atoms. The van der Waals surface area contributed by atoms with Crippen molar-refractivity contribution in [2.75, 3.05) is 7.11 Å². The molecule has 0 aromatic heterocycles. The molecule has 1 aromatic carbocycles. The molecule has 0 bridgehead atoms. The van der Waals surface area contributed by atoms with Crippen molar-refractivity contribution in [1.82, 2.24) is 0 Å². The Kier molecular flexibility index (Phi) is 4.21. The monoisotopic (exact) mass is 270 g/mol. The number of hydrogen-bond donors (Lipinski definition) is 1. The molecule has 1 unspecified atom stereocenters. The van der Waals surface area contributed by atoms with Crippen molar-refractivity contribution in [3.8, 4) is 0 Å². The van der Waals surface area contributed by atoms with Crippen molar-refractivity contribution < 1.29 is 18.6 Å². The lowest BCUT2D eigenvalue weighted by molar-refractivity contribution is -0.127. The van der Waals surface area contributed by atoms with E-state index in [1.165, 1.54) is 19.2 Å². The van der Waals surface area contributed by atoms with Crippen LogP contribution >= 0.6 is 0 Å². The van der Waals surface area contributed by atoms with Crippen molar-refractivity contribution in [3.63, 3.8) is 0 Å².